The van der Waals surface area contributed by atoms with E-state index in [0.29, 0.717) is 6.29 Å². The van der Waals surface area contributed by atoms with Gasteiger partial charge < -0.3 is 0 Å². The molecule has 0 aliphatic heterocycles. The average Bonchev–Trinajstić information content (AvgIpc) is 2.09. The number of hydrogen-bond acceptors (Lipinski definition) is 2. The molecule has 6 heteroatoms. The Morgan fingerprint density at radius 1 is 1.62 bits per heavy atom. The second-order valence-corrected chi connectivity index (χ2v) is 3.63. The SMILES string of the molecule is O=Cc1cc(Cl)c(I)c(C(F)F)n1. The van der Waals surface area contributed by atoms with Gasteiger partial charge in [0.2, 0.25) is 0 Å². The highest BCUT2D eigenvalue weighted by Crippen LogP contribution is 2.28. The molecular formula is C7H3ClF2INO. The van der Waals surface area contributed by atoms with E-state index in [0.717, 1.165) is 0 Å². The fourth-order valence-corrected chi connectivity index (χ4v) is 1.46. The monoisotopic (exact) mass is 317 g/mol. The van der Waals surface area contributed by atoms with Crippen LogP contribution in [0.2, 0.25) is 5.02 Å². The molecule has 1 heterocycles. The summed E-state index contributed by atoms with van der Waals surface area (Å²) in [5.74, 6) is 0. The number of pyridine rings is 1. The van der Waals surface area contributed by atoms with Gasteiger partial charge in [-0.05, 0) is 28.7 Å². The molecule has 0 unspecified atom stereocenters. The van der Waals surface area contributed by atoms with Crippen molar-refractivity contribution in [3.8, 4) is 0 Å². The Labute approximate surface area is 91.4 Å². The molecule has 1 rings (SSSR count). The van der Waals surface area contributed by atoms with Crippen LogP contribution in [0, 0.1) is 3.57 Å². The summed E-state index contributed by atoms with van der Waals surface area (Å²) in [6.45, 7) is 0. The van der Waals surface area contributed by atoms with Gasteiger partial charge in [0.1, 0.15) is 11.4 Å². The van der Waals surface area contributed by atoms with Crippen molar-refractivity contribution in [3.63, 3.8) is 0 Å². The van der Waals surface area contributed by atoms with Crippen molar-refractivity contribution in [1.29, 1.82) is 0 Å². The second kappa shape index (κ2) is 4.28. The summed E-state index contributed by atoms with van der Waals surface area (Å²) < 4.78 is 24.7. The minimum atomic E-state index is -2.72. The maximum absolute atomic E-state index is 12.3. The first kappa shape index (κ1) is 10.8. The molecule has 0 N–H and O–H groups in total. The Morgan fingerprint density at radius 3 is 2.69 bits per heavy atom. The number of rotatable bonds is 2. The van der Waals surface area contributed by atoms with E-state index in [9.17, 15) is 13.6 Å². The first-order valence-electron chi connectivity index (χ1n) is 3.15. The number of hydrogen-bond donors (Lipinski definition) is 0. The lowest BCUT2D eigenvalue weighted by atomic mass is 10.3. The molecule has 0 saturated heterocycles. The zero-order valence-electron chi connectivity index (χ0n) is 6.10. The van der Waals surface area contributed by atoms with E-state index < -0.39 is 12.1 Å². The molecule has 13 heavy (non-hydrogen) atoms. The summed E-state index contributed by atoms with van der Waals surface area (Å²) in [5, 5.41) is 0.119. The van der Waals surface area contributed by atoms with Gasteiger partial charge in [-0.25, -0.2) is 13.8 Å². The van der Waals surface area contributed by atoms with E-state index in [2.05, 4.69) is 4.98 Å². The van der Waals surface area contributed by atoms with Crippen molar-refractivity contribution < 1.29 is 13.6 Å². The average molecular weight is 317 g/mol. The number of alkyl halides is 2. The Bertz CT molecular complexity index is 346. The van der Waals surface area contributed by atoms with Crippen LogP contribution in [0.25, 0.3) is 0 Å². The number of halogens is 4. The molecule has 1 aromatic rings. The minimum absolute atomic E-state index is 0.0827. The molecule has 0 spiro atoms. The standard InChI is InChI=1S/C7H3ClF2INO/c8-4-1-3(2-13)12-6(5(4)11)7(9)10/h1-2,7H. The molecular weight excluding hydrogens is 314 g/mol. The van der Waals surface area contributed by atoms with Crippen molar-refractivity contribution in [2.24, 2.45) is 0 Å². The van der Waals surface area contributed by atoms with Crippen LogP contribution < -0.4 is 0 Å². The zero-order valence-corrected chi connectivity index (χ0v) is 9.01. The fraction of sp³-hybridized carbons (Fsp3) is 0.143. The summed E-state index contributed by atoms with van der Waals surface area (Å²) in [6.07, 6.45) is -2.34. The van der Waals surface area contributed by atoms with Gasteiger partial charge in [0.05, 0.1) is 8.59 Å². The molecule has 0 saturated carbocycles. The van der Waals surface area contributed by atoms with E-state index in [4.69, 9.17) is 11.6 Å². The lowest BCUT2D eigenvalue weighted by Crippen LogP contribution is -1.99. The number of aldehydes is 1. The normalized spacial score (nSPS) is 10.5. The first-order valence-corrected chi connectivity index (χ1v) is 4.61. The number of aromatic nitrogens is 1. The third-order valence-corrected chi connectivity index (χ3v) is 3.04. The van der Waals surface area contributed by atoms with Crippen LogP contribution in [0.3, 0.4) is 0 Å². The van der Waals surface area contributed by atoms with E-state index >= 15 is 0 Å². The molecule has 0 atom stereocenters. The van der Waals surface area contributed by atoms with E-state index in [1.165, 1.54) is 6.07 Å². The largest absolute Gasteiger partial charge is 0.296 e. The lowest BCUT2D eigenvalue weighted by molar-refractivity contribution is 0.111. The quantitative estimate of drug-likeness (QED) is 0.620. The van der Waals surface area contributed by atoms with Crippen LogP contribution in [0.15, 0.2) is 6.07 Å². The van der Waals surface area contributed by atoms with Gasteiger partial charge >= 0.3 is 0 Å². The topological polar surface area (TPSA) is 30.0 Å². The molecule has 0 aromatic carbocycles. The minimum Gasteiger partial charge on any atom is -0.296 e. The van der Waals surface area contributed by atoms with Crippen LogP contribution in [0.1, 0.15) is 22.6 Å². The summed E-state index contributed by atoms with van der Waals surface area (Å²) in [7, 11) is 0. The maximum Gasteiger partial charge on any atom is 0.281 e. The van der Waals surface area contributed by atoms with Crippen molar-refractivity contribution in [2.75, 3.05) is 0 Å². The molecule has 0 bridgehead atoms. The molecule has 0 aliphatic rings. The second-order valence-electron chi connectivity index (χ2n) is 2.15. The van der Waals surface area contributed by atoms with Crippen LogP contribution in [0.5, 0.6) is 0 Å². The summed E-state index contributed by atoms with van der Waals surface area (Å²) in [5.41, 5.74) is -0.532. The smallest absolute Gasteiger partial charge is 0.281 e. The molecule has 70 valence electrons. The van der Waals surface area contributed by atoms with Gasteiger partial charge in [0.15, 0.2) is 6.29 Å². The highest BCUT2D eigenvalue weighted by molar-refractivity contribution is 14.1. The van der Waals surface area contributed by atoms with Crippen LogP contribution in [0.4, 0.5) is 8.78 Å². The van der Waals surface area contributed by atoms with Crippen molar-refractivity contribution in [2.45, 2.75) is 6.43 Å². The Morgan fingerprint density at radius 2 is 2.23 bits per heavy atom. The zero-order chi connectivity index (χ0) is 10.0. The highest BCUT2D eigenvalue weighted by Gasteiger charge is 2.17. The van der Waals surface area contributed by atoms with E-state index in [-0.39, 0.29) is 14.3 Å². The van der Waals surface area contributed by atoms with Gasteiger partial charge in [-0.15, -0.1) is 0 Å². The summed E-state index contributed by atoms with van der Waals surface area (Å²) >= 11 is 7.26. The highest BCUT2D eigenvalue weighted by atomic mass is 127. The van der Waals surface area contributed by atoms with Crippen molar-refractivity contribution in [1.82, 2.24) is 4.98 Å². The molecule has 0 fully saturated rings. The van der Waals surface area contributed by atoms with Gasteiger partial charge in [0, 0.05) is 0 Å². The first-order chi connectivity index (χ1) is 6.06. The van der Waals surface area contributed by atoms with Crippen LogP contribution in [-0.4, -0.2) is 11.3 Å². The van der Waals surface area contributed by atoms with Crippen LogP contribution in [-0.2, 0) is 0 Å². The predicted octanol–water partition coefficient (Wildman–Crippen LogP) is 3.09. The van der Waals surface area contributed by atoms with Gasteiger partial charge in [-0.2, -0.15) is 0 Å². The number of nitrogens with zero attached hydrogens (tertiary/aromatic N) is 1. The number of carbonyl (C=O) groups excluding carboxylic acids is 1. The van der Waals surface area contributed by atoms with Crippen molar-refractivity contribution >= 4 is 40.5 Å². The third kappa shape index (κ3) is 2.34. The lowest BCUT2D eigenvalue weighted by Gasteiger charge is -2.04. The molecule has 0 amide bonds. The molecule has 0 radical (unpaired) electrons. The fourth-order valence-electron chi connectivity index (χ4n) is 0.741. The molecule has 0 aliphatic carbocycles. The maximum atomic E-state index is 12.3. The Kier molecular flexibility index (Phi) is 3.55. The number of carbonyl (C=O) groups is 1. The van der Waals surface area contributed by atoms with Gasteiger partial charge in [-0.1, -0.05) is 11.6 Å². The Balaban J connectivity index is 3.32. The Hall–Kier alpha value is -0.300. The van der Waals surface area contributed by atoms with E-state index in [1.54, 1.807) is 22.6 Å². The summed E-state index contributed by atoms with van der Waals surface area (Å²) in [4.78, 5) is 13.7. The van der Waals surface area contributed by atoms with Crippen molar-refractivity contribution in [3.05, 3.63) is 26.0 Å². The predicted molar refractivity (Wildman–Crippen MR) is 52.3 cm³/mol. The van der Waals surface area contributed by atoms with Crippen LogP contribution >= 0.6 is 34.2 Å². The molecule has 2 nitrogen and oxygen atoms in total. The third-order valence-electron chi connectivity index (χ3n) is 1.29. The van der Waals surface area contributed by atoms with Gasteiger partial charge in [-0.3, -0.25) is 4.79 Å². The molecule has 1 aromatic heterocycles. The van der Waals surface area contributed by atoms with Gasteiger partial charge in [0.25, 0.3) is 6.43 Å². The van der Waals surface area contributed by atoms with E-state index in [1.807, 2.05) is 0 Å². The summed E-state index contributed by atoms with van der Waals surface area (Å²) in [6, 6.07) is 1.25.